The van der Waals surface area contributed by atoms with Crippen LogP contribution in [0.4, 0.5) is 11.5 Å². The van der Waals surface area contributed by atoms with Gasteiger partial charge in [-0.2, -0.15) is 0 Å². The topological polar surface area (TPSA) is 93.5 Å². The lowest BCUT2D eigenvalue weighted by Crippen LogP contribution is -2.21. The quantitative estimate of drug-likeness (QED) is 0.815. The first-order valence-corrected chi connectivity index (χ1v) is 6.27. The third-order valence-corrected chi connectivity index (χ3v) is 2.65. The lowest BCUT2D eigenvalue weighted by molar-refractivity contribution is -0.119. The number of carbonyl (C=O) groups excluding carboxylic acids is 2. The molecule has 7 nitrogen and oxygen atoms in total. The van der Waals surface area contributed by atoms with Gasteiger partial charge < -0.3 is 19.9 Å². The lowest BCUT2D eigenvalue weighted by atomic mass is 10.2. The second-order valence-corrected chi connectivity index (χ2v) is 4.24. The average Bonchev–Trinajstić information content (AvgIpc) is 2.89. The van der Waals surface area contributed by atoms with E-state index in [-0.39, 0.29) is 5.82 Å². The first-order valence-electron chi connectivity index (χ1n) is 6.27. The molecule has 1 aromatic carbocycles. The molecule has 1 heterocycles. The van der Waals surface area contributed by atoms with Gasteiger partial charge in [0.25, 0.3) is 5.91 Å². The van der Waals surface area contributed by atoms with E-state index in [1.54, 1.807) is 44.3 Å². The summed E-state index contributed by atoms with van der Waals surface area (Å²) in [5, 5.41) is 8.96. The SMILES string of the molecule is CNc1ccccc1C(=O)OCC(=O)Nc1cc(C)on1. The van der Waals surface area contributed by atoms with Crippen LogP contribution in [0.2, 0.25) is 0 Å². The third-order valence-electron chi connectivity index (χ3n) is 2.65. The predicted octanol–water partition coefficient (Wildman–Crippen LogP) is 1.82. The normalized spacial score (nSPS) is 10.0. The number of carbonyl (C=O) groups is 2. The van der Waals surface area contributed by atoms with Gasteiger partial charge in [-0.1, -0.05) is 17.3 Å². The van der Waals surface area contributed by atoms with Crippen molar-refractivity contribution in [2.45, 2.75) is 6.92 Å². The van der Waals surface area contributed by atoms with Crippen molar-refractivity contribution < 1.29 is 18.8 Å². The number of aromatic nitrogens is 1. The minimum Gasteiger partial charge on any atom is -0.452 e. The molecule has 0 saturated heterocycles. The van der Waals surface area contributed by atoms with Crippen LogP contribution in [-0.2, 0) is 9.53 Å². The maximum atomic E-state index is 11.9. The number of aryl methyl sites for hydroxylation is 1. The highest BCUT2D eigenvalue weighted by Gasteiger charge is 2.14. The summed E-state index contributed by atoms with van der Waals surface area (Å²) in [6.07, 6.45) is 0. The minimum atomic E-state index is -0.577. The largest absolute Gasteiger partial charge is 0.452 e. The molecule has 2 rings (SSSR count). The summed E-state index contributed by atoms with van der Waals surface area (Å²) in [4.78, 5) is 23.5. The Morgan fingerprint density at radius 1 is 1.33 bits per heavy atom. The molecule has 1 amide bonds. The monoisotopic (exact) mass is 289 g/mol. The first kappa shape index (κ1) is 14.6. The zero-order chi connectivity index (χ0) is 15.2. The van der Waals surface area contributed by atoms with E-state index in [1.165, 1.54) is 0 Å². The number of rotatable bonds is 5. The molecule has 2 aromatic rings. The van der Waals surface area contributed by atoms with Crippen molar-refractivity contribution in [1.29, 1.82) is 0 Å². The Morgan fingerprint density at radius 3 is 2.76 bits per heavy atom. The van der Waals surface area contributed by atoms with Crippen molar-refractivity contribution in [3.05, 3.63) is 41.7 Å². The van der Waals surface area contributed by atoms with Crippen molar-refractivity contribution in [2.75, 3.05) is 24.3 Å². The summed E-state index contributed by atoms with van der Waals surface area (Å²) in [5.74, 6) is -0.209. The average molecular weight is 289 g/mol. The van der Waals surface area contributed by atoms with Crippen LogP contribution in [0, 0.1) is 6.92 Å². The molecule has 0 aliphatic heterocycles. The number of amides is 1. The second-order valence-electron chi connectivity index (χ2n) is 4.24. The molecular weight excluding hydrogens is 274 g/mol. The highest BCUT2D eigenvalue weighted by Crippen LogP contribution is 2.15. The molecule has 0 fully saturated rings. The van der Waals surface area contributed by atoms with Crippen LogP contribution in [-0.4, -0.2) is 30.7 Å². The van der Waals surface area contributed by atoms with Gasteiger partial charge in [0.15, 0.2) is 12.4 Å². The summed E-state index contributed by atoms with van der Waals surface area (Å²) in [6, 6.07) is 8.44. The van der Waals surface area contributed by atoms with E-state index in [4.69, 9.17) is 9.26 Å². The number of esters is 1. The van der Waals surface area contributed by atoms with Crippen LogP contribution in [0.3, 0.4) is 0 Å². The van der Waals surface area contributed by atoms with Gasteiger partial charge >= 0.3 is 5.97 Å². The molecule has 0 aliphatic rings. The minimum absolute atomic E-state index is 0.282. The number of hydrogen-bond donors (Lipinski definition) is 2. The van der Waals surface area contributed by atoms with Crippen LogP contribution in [0.15, 0.2) is 34.9 Å². The molecule has 0 bridgehead atoms. The second kappa shape index (κ2) is 6.56. The number of nitrogens with zero attached hydrogens (tertiary/aromatic N) is 1. The smallest absolute Gasteiger partial charge is 0.340 e. The summed E-state index contributed by atoms with van der Waals surface area (Å²) in [6.45, 7) is 1.31. The highest BCUT2D eigenvalue weighted by atomic mass is 16.5. The van der Waals surface area contributed by atoms with Gasteiger partial charge in [0, 0.05) is 18.8 Å². The first-order chi connectivity index (χ1) is 10.1. The number of ether oxygens (including phenoxy) is 1. The van der Waals surface area contributed by atoms with E-state index < -0.39 is 18.5 Å². The van der Waals surface area contributed by atoms with Gasteiger partial charge in [0.1, 0.15) is 5.76 Å². The van der Waals surface area contributed by atoms with E-state index in [1.807, 2.05) is 0 Å². The predicted molar refractivity (Wildman–Crippen MR) is 76.1 cm³/mol. The zero-order valence-electron chi connectivity index (χ0n) is 11.7. The lowest BCUT2D eigenvalue weighted by Gasteiger charge is -2.08. The molecule has 0 unspecified atom stereocenters. The standard InChI is InChI=1S/C14H15N3O4/c1-9-7-12(17-21-9)16-13(18)8-20-14(19)10-5-3-4-6-11(10)15-2/h3-7,15H,8H2,1-2H3,(H,16,17,18). The molecular formula is C14H15N3O4. The maximum absolute atomic E-state index is 11.9. The molecule has 0 spiro atoms. The molecule has 7 heteroatoms. The number of anilines is 2. The van der Waals surface area contributed by atoms with Crippen LogP contribution in [0.5, 0.6) is 0 Å². The maximum Gasteiger partial charge on any atom is 0.340 e. The van der Waals surface area contributed by atoms with Gasteiger partial charge in [0.05, 0.1) is 5.56 Å². The molecule has 0 radical (unpaired) electrons. The van der Waals surface area contributed by atoms with Gasteiger partial charge in [-0.15, -0.1) is 0 Å². The number of nitrogens with one attached hydrogen (secondary N) is 2. The van der Waals surface area contributed by atoms with E-state index in [0.29, 0.717) is 17.0 Å². The van der Waals surface area contributed by atoms with E-state index in [9.17, 15) is 9.59 Å². The summed E-state index contributed by atoms with van der Waals surface area (Å²) < 4.78 is 9.77. The third kappa shape index (κ3) is 3.82. The Bertz CT molecular complexity index is 651. The van der Waals surface area contributed by atoms with Crippen LogP contribution in [0.25, 0.3) is 0 Å². The van der Waals surface area contributed by atoms with Crippen molar-refractivity contribution in [3.63, 3.8) is 0 Å². The molecule has 21 heavy (non-hydrogen) atoms. The molecule has 0 aliphatic carbocycles. The Balaban J connectivity index is 1.90. The Labute approximate surface area is 121 Å². The van der Waals surface area contributed by atoms with Gasteiger partial charge in [-0.3, -0.25) is 4.79 Å². The summed E-state index contributed by atoms with van der Waals surface area (Å²) in [5.41, 5.74) is 1.00. The molecule has 0 atom stereocenters. The van der Waals surface area contributed by atoms with E-state index in [2.05, 4.69) is 15.8 Å². The van der Waals surface area contributed by atoms with E-state index >= 15 is 0 Å². The van der Waals surface area contributed by atoms with Gasteiger partial charge in [-0.25, -0.2) is 4.79 Å². The summed E-state index contributed by atoms with van der Waals surface area (Å²) >= 11 is 0. The fourth-order valence-corrected chi connectivity index (χ4v) is 1.69. The summed E-state index contributed by atoms with van der Waals surface area (Å²) in [7, 11) is 1.70. The Hall–Kier alpha value is -2.83. The van der Waals surface area contributed by atoms with Crippen LogP contribution >= 0.6 is 0 Å². The Kier molecular flexibility index (Phi) is 4.55. The zero-order valence-corrected chi connectivity index (χ0v) is 11.7. The molecule has 0 saturated carbocycles. The van der Waals surface area contributed by atoms with Crippen molar-refractivity contribution in [2.24, 2.45) is 0 Å². The molecule has 1 aromatic heterocycles. The van der Waals surface area contributed by atoms with Gasteiger partial charge in [0.2, 0.25) is 0 Å². The van der Waals surface area contributed by atoms with Gasteiger partial charge in [-0.05, 0) is 19.1 Å². The fraction of sp³-hybridized carbons (Fsp3) is 0.214. The Morgan fingerprint density at radius 2 is 2.10 bits per heavy atom. The van der Waals surface area contributed by atoms with Crippen LogP contribution < -0.4 is 10.6 Å². The highest BCUT2D eigenvalue weighted by molar-refractivity contribution is 5.98. The number of hydrogen-bond acceptors (Lipinski definition) is 6. The number of benzene rings is 1. The molecule has 2 N–H and O–H groups in total. The van der Waals surface area contributed by atoms with Crippen molar-refractivity contribution in [1.82, 2.24) is 5.16 Å². The van der Waals surface area contributed by atoms with Crippen molar-refractivity contribution >= 4 is 23.4 Å². The number of para-hydroxylation sites is 1. The molecule has 110 valence electrons. The van der Waals surface area contributed by atoms with Crippen molar-refractivity contribution in [3.8, 4) is 0 Å². The van der Waals surface area contributed by atoms with Crippen LogP contribution in [0.1, 0.15) is 16.1 Å². The fourth-order valence-electron chi connectivity index (χ4n) is 1.69. The van der Waals surface area contributed by atoms with E-state index in [0.717, 1.165) is 0 Å².